The third kappa shape index (κ3) is 4.76. The minimum Gasteiger partial charge on any atom is -0.489 e. The van der Waals surface area contributed by atoms with Crippen LogP contribution < -0.4 is 9.47 Å². The van der Waals surface area contributed by atoms with Gasteiger partial charge in [-0.15, -0.1) is 0 Å². The number of halogens is 3. The molecule has 0 fully saturated rings. The lowest BCUT2D eigenvalue weighted by molar-refractivity contribution is -0.137. The molecule has 0 aliphatic heterocycles. The molecule has 25 heavy (non-hydrogen) atoms. The maximum absolute atomic E-state index is 12.8. The van der Waals surface area contributed by atoms with E-state index < -0.39 is 11.7 Å². The molecule has 0 atom stereocenters. The molecule has 0 bridgehead atoms. The van der Waals surface area contributed by atoms with Crippen molar-refractivity contribution in [3.63, 3.8) is 0 Å². The molecule has 3 rings (SSSR count). The summed E-state index contributed by atoms with van der Waals surface area (Å²) in [6.07, 6.45) is -4.40. The van der Waals surface area contributed by atoms with Gasteiger partial charge in [0.1, 0.15) is 23.9 Å². The highest BCUT2D eigenvalue weighted by molar-refractivity contribution is 5.38. The predicted octanol–water partition coefficient (Wildman–Crippen LogP) is 6.08. The van der Waals surface area contributed by atoms with Crippen LogP contribution in [0.5, 0.6) is 17.2 Å². The fourth-order valence-corrected chi connectivity index (χ4v) is 2.24. The largest absolute Gasteiger partial charge is 0.489 e. The Kier molecular flexibility index (Phi) is 4.93. The maximum Gasteiger partial charge on any atom is 0.416 e. The van der Waals surface area contributed by atoms with Crippen molar-refractivity contribution in [3.05, 3.63) is 90.0 Å². The lowest BCUT2D eigenvalue weighted by Crippen LogP contribution is -2.04. The van der Waals surface area contributed by atoms with E-state index in [1.807, 2.05) is 30.3 Å². The van der Waals surface area contributed by atoms with Crippen molar-refractivity contribution >= 4 is 0 Å². The van der Waals surface area contributed by atoms with Gasteiger partial charge >= 0.3 is 6.18 Å². The zero-order chi connectivity index (χ0) is 17.7. The fraction of sp³-hybridized carbons (Fsp3) is 0.100. The van der Waals surface area contributed by atoms with E-state index in [2.05, 4.69) is 0 Å². The van der Waals surface area contributed by atoms with Crippen LogP contribution in [-0.2, 0) is 12.8 Å². The van der Waals surface area contributed by atoms with Gasteiger partial charge < -0.3 is 9.47 Å². The van der Waals surface area contributed by atoms with Gasteiger partial charge in [0, 0.05) is 6.07 Å². The molecule has 0 unspecified atom stereocenters. The highest BCUT2D eigenvalue weighted by Gasteiger charge is 2.30. The van der Waals surface area contributed by atoms with Crippen LogP contribution >= 0.6 is 0 Å². The van der Waals surface area contributed by atoms with Crippen LogP contribution in [-0.4, -0.2) is 0 Å². The van der Waals surface area contributed by atoms with Crippen molar-refractivity contribution in [1.29, 1.82) is 0 Å². The molecule has 5 heteroatoms. The molecule has 0 saturated carbocycles. The topological polar surface area (TPSA) is 18.5 Å². The second kappa shape index (κ2) is 7.30. The van der Waals surface area contributed by atoms with E-state index in [9.17, 15) is 13.2 Å². The second-order valence-electron chi connectivity index (χ2n) is 5.38. The van der Waals surface area contributed by atoms with Crippen LogP contribution in [0.1, 0.15) is 11.1 Å². The highest BCUT2D eigenvalue weighted by Crippen LogP contribution is 2.33. The van der Waals surface area contributed by atoms with Crippen molar-refractivity contribution in [2.45, 2.75) is 12.8 Å². The Bertz CT molecular complexity index is 830. The molecule has 0 saturated heterocycles. The van der Waals surface area contributed by atoms with Crippen LogP contribution in [0.2, 0.25) is 0 Å². The molecule has 0 aromatic heterocycles. The summed E-state index contributed by atoms with van der Waals surface area (Å²) >= 11 is 0. The summed E-state index contributed by atoms with van der Waals surface area (Å²) in [5.41, 5.74) is 0.271. The summed E-state index contributed by atoms with van der Waals surface area (Å²) in [7, 11) is 0. The Morgan fingerprint density at radius 1 is 0.680 bits per heavy atom. The molecule has 3 aromatic carbocycles. The Hall–Kier alpha value is -2.95. The lowest BCUT2D eigenvalue weighted by Gasteiger charge is -2.11. The van der Waals surface area contributed by atoms with E-state index in [0.29, 0.717) is 18.1 Å². The average molecular weight is 344 g/mol. The predicted molar refractivity (Wildman–Crippen MR) is 88.7 cm³/mol. The number of hydrogen-bond donors (Lipinski definition) is 0. The number of alkyl halides is 3. The summed E-state index contributed by atoms with van der Waals surface area (Å²) in [5, 5.41) is 0. The molecule has 3 aromatic rings. The van der Waals surface area contributed by atoms with Gasteiger partial charge in [0.05, 0.1) is 5.56 Å². The molecule has 0 radical (unpaired) electrons. The molecule has 0 spiro atoms. The SMILES string of the molecule is FC(F)(F)c1cccc(Oc2cccc(OCc3ccccc3)c2)c1. The Balaban J connectivity index is 1.69. The van der Waals surface area contributed by atoms with Crippen molar-refractivity contribution in [2.24, 2.45) is 0 Å². The van der Waals surface area contributed by atoms with Gasteiger partial charge in [-0.25, -0.2) is 0 Å². The Morgan fingerprint density at radius 2 is 1.32 bits per heavy atom. The summed E-state index contributed by atoms with van der Waals surface area (Å²) in [4.78, 5) is 0. The minimum atomic E-state index is -4.40. The first-order chi connectivity index (χ1) is 12.0. The van der Waals surface area contributed by atoms with Crippen LogP contribution in [0, 0.1) is 0 Å². The van der Waals surface area contributed by atoms with Gasteiger partial charge in [0.2, 0.25) is 0 Å². The molecular formula is C20H15F3O2. The molecule has 0 N–H and O–H groups in total. The first-order valence-electron chi connectivity index (χ1n) is 7.62. The summed E-state index contributed by atoms with van der Waals surface area (Å²) in [6.45, 7) is 0.397. The van der Waals surface area contributed by atoms with Gasteiger partial charge in [-0.2, -0.15) is 13.2 Å². The first-order valence-corrected chi connectivity index (χ1v) is 7.62. The maximum atomic E-state index is 12.8. The van der Waals surface area contributed by atoms with Crippen molar-refractivity contribution in [2.75, 3.05) is 0 Å². The molecule has 0 aliphatic carbocycles. The second-order valence-corrected chi connectivity index (χ2v) is 5.38. The monoisotopic (exact) mass is 344 g/mol. The van der Waals surface area contributed by atoms with E-state index >= 15 is 0 Å². The van der Waals surface area contributed by atoms with Crippen LogP contribution in [0.25, 0.3) is 0 Å². The van der Waals surface area contributed by atoms with Gasteiger partial charge in [0.25, 0.3) is 0 Å². The molecule has 0 heterocycles. The van der Waals surface area contributed by atoms with Gasteiger partial charge in [0.15, 0.2) is 0 Å². The van der Waals surface area contributed by atoms with E-state index in [-0.39, 0.29) is 5.75 Å². The normalized spacial score (nSPS) is 11.2. The fourth-order valence-electron chi connectivity index (χ4n) is 2.24. The summed E-state index contributed by atoms with van der Waals surface area (Å²) in [6, 6.07) is 21.2. The molecule has 0 aliphatic rings. The summed E-state index contributed by atoms with van der Waals surface area (Å²) < 4.78 is 49.5. The smallest absolute Gasteiger partial charge is 0.416 e. The first kappa shape index (κ1) is 16.9. The quantitative estimate of drug-likeness (QED) is 0.559. The van der Waals surface area contributed by atoms with Crippen LogP contribution in [0.15, 0.2) is 78.9 Å². The Labute approximate surface area is 143 Å². The molecule has 2 nitrogen and oxygen atoms in total. The lowest BCUT2D eigenvalue weighted by atomic mass is 10.2. The zero-order valence-corrected chi connectivity index (χ0v) is 13.2. The Morgan fingerprint density at radius 3 is 2.04 bits per heavy atom. The highest BCUT2D eigenvalue weighted by atomic mass is 19.4. The molecule has 128 valence electrons. The summed E-state index contributed by atoms with van der Waals surface area (Å²) in [5.74, 6) is 1.10. The van der Waals surface area contributed by atoms with E-state index in [4.69, 9.17) is 9.47 Å². The molecular weight excluding hydrogens is 329 g/mol. The van der Waals surface area contributed by atoms with Crippen LogP contribution in [0.3, 0.4) is 0 Å². The minimum absolute atomic E-state index is 0.120. The van der Waals surface area contributed by atoms with E-state index in [1.54, 1.807) is 24.3 Å². The number of hydrogen-bond acceptors (Lipinski definition) is 2. The van der Waals surface area contributed by atoms with E-state index in [1.165, 1.54) is 12.1 Å². The van der Waals surface area contributed by atoms with E-state index in [0.717, 1.165) is 17.7 Å². The number of rotatable bonds is 5. The number of ether oxygens (including phenoxy) is 2. The standard InChI is InChI=1S/C20H15F3O2/c21-20(22,23)16-8-4-10-18(12-16)25-19-11-5-9-17(13-19)24-14-15-6-2-1-3-7-15/h1-13H,14H2. The van der Waals surface area contributed by atoms with Crippen molar-refractivity contribution < 1.29 is 22.6 Å². The number of benzene rings is 3. The van der Waals surface area contributed by atoms with Crippen molar-refractivity contribution in [1.82, 2.24) is 0 Å². The molecule has 0 amide bonds. The van der Waals surface area contributed by atoms with Gasteiger partial charge in [-0.3, -0.25) is 0 Å². The average Bonchev–Trinajstić information content (AvgIpc) is 2.61. The van der Waals surface area contributed by atoms with Gasteiger partial charge in [-0.1, -0.05) is 42.5 Å². The zero-order valence-electron chi connectivity index (χ0n) is 13.2. The van der Waals surface area contributed by atoms with Crippen molar-refractivity contribution in [3.8, 4) is 17.2 Å². The third-order valence-electron chi connectivity index (χ3n) is 3.45. The third-order valence-corrected chi connectivity index (χ3v) is 3.45. The van der Waals surface area contributed by atoms with Crippen LogP contribution in [0.4, 0.5) is 13.2 Å². The van der Waals surface area contributed by atoms with Gasteiger partial charge in [-0.05, 0) is 35.9 Å².